The molecule has 1 amide bonds. The predicted molar refractivity (Wildman–Crippen MR) is 103 cm³/mol. The topological polar surface area (TPSA) is 50.8 Å². The number of ether oxygens (including phenoxy) is 2. The molecular weight excluding hydrogens is 384 g/mol. The molecule has 1 unspecified atom stereocenters. The van der Waals surface area contributed by atoms with Crippen molar-refractivity contribution in [2.45, 2.75) is 39.2 Å². The summed E-state index contributed by atoms with van der Waals surface area (Å²) in [6.07, 6.45) is 3.86. The van der Waals surface area contributed by atoms with Crippen LogP contribution in [0.3, 0.4) is 0 Å². The molecule has 140 valence electrons. The summed E-state index contributed by atoms with van der Waals surface area (Å²) in [5, 5.41) is 3.07. The number of carbonyl (C=O) groups is 1. The lowest BCUT2D eigenvalue weighted by Gasteiger charge is -2.33. The number of hydrogen-bond acceptors (Lipinski definition) is 4. The van der Waals surface area contributed by atoms with Gasteiger partial charge in [-0.3, -0.25) is 9.69 Å². The summed E-state index contributed by atoms with van der Waals surface area (Å²) >= 11 is 3.65. The normalized spacial score (nSPS) is 18.0. The Morgan fingerprint density at radius 1 is 1.36 bits per heavy atom. The van der Waals surface area contributed by atoms with Gasteiger partial charge in [0.25, 0.3) is 0 Å². The molecule has 0 radical (unpaired) electrons. The van der Waals surface area contributed by atoms with Gasteiger partial charge in [-0.1, -0.05) is 13.0 Å². The molecule has 0 spiro atoms. The van der Waals surface area contributed by atoms with Gasteiger partial charge in [-0.15, -0.1) is 0 Å². The van der Waals surface area contributed by atoms with Crippen LogP contribution in [0.25, 0.3) is 0 Å². The van der Waals surface area contributed by atoms with Crippen molar-refractivity contribution in [3.8, 4) is 11.5 Å². The molecule has 1 aliphatic rings. The van der Waals surface area contributed by atoms with Gasteiger partial charge in [-0.05, 0) is 59.3 Å². The molecule has 0 saturated carbocycles. The Bertz CT molecular complexity index is 580. The predicted octanol–water partition coefficient (Wildman–Crippen LogP) is 3.59. The van der Waals surface area contributed by atoms with E-state index in [0.717, 1.165) is 48.6 Å². The van der Waals surface area contributed by atoms with Gasteiger partial charge < -0.3 is 14.8 Å². The highest BCUT2D eigenvalue weighted by Gasteiger charge is 2.22. The van der Waals surface area contributed by atoms with Crippen LogP contribution in [0.1, 0.15) is 38.2 Å². The van der Waals surface area contributed by atoms with E-state index in [1.807, 2.05) is 13.0 Å². The molecule has 0 aliphatic carbocycles. The maximum atomic E-state index is 11.7. The number of likely N-dealkylation sites (tertiary alicyclic amines) is 1. The highest BCUT2D eigenvalue weighted by atomic mass is 79.9. The van der Waals surface area contributed by atoms with Gasteiger partial charge in [-0.25, -0.2) is 0 Å². The minimum Gasteiger partial charge on any atom is -0.493 e. The minimum atomic E-state index is 0.169. The zero-order valence-electron chi connectivity index (χ0n) is 15.4. The first-order chi connectivity index (χ1) is 12.1. The second kappa shape index (κ2) is 10.0. The van der Waals surface area contributed by atoms with Crippen LogP contribution in [0.4, 0.5) is 0 Å². The van der Waals surface area contributed by atoms with Crippen molar-refractivity contribution >= 4 is 21.8 Å². The Morgan fingerprint density at radius 2 is 2.16 bits per heavy atom. The first-order valence-corrected chi connectivity index (χ1v) is 9.76. The third-order valence-corrected chi connectivity index (χ3v) is 5.50. The number of hydrogen-bond donors (Lipinski definition) is 1. The van der Waals surface area contributed by atoms with Crippen molar-refractivity contribution < 1.29 is 14.3 Å². The van der Waals surface area contributed by atoms with Crippen molar-refractivity contribution in [3.05, 3.63) is 22.2 Å². The number of nitrogens with zero attached hydrogens (tertiary/aromatic N) is 1. The number of amides is 1. The summed E-state index contributed by atoms with van der Waals surface area (Å²) in [4.78, 5) is 14.1. The van der Waals surface area contributed by atoms with Crippen LogP contribution >= 0.6 is 15.9 Å². The van der Waals surface area contributed by atoms with Gasteiger partial charge in [0, 0.05) is 26.1 Å². The summed E-state index contributed by atoms with van der Waals surface area (Å²) in [6.45, 7) is 5.76. The fourth-order valence-electron chi connectivity index (χ4n) is 3.33. The number of methoxy groups -OCH3 is 2. The third kappa shape index (κ3) is 5.61. The number of piperidine rings is 1. The minimum absolute atomic E-state index is 0.169. The number of rotatable bonds is 8. The third-order valence-electron chi connectivity index (χ3n) is 4.63. The van der Waals surface area contributed by atoms with Crippen LogP contribution < -0.4 is 14.8 Å². The average molecular weight is 413 g/mol. The van der Waals surface area contributed by atoms with Crippen LogP contribution in [0, 0.1) is 5.92 Å². The quantitative estimate of drug-likeness (QED) is 0.708. The van der Waals surface area contributed by atoms with Gasteiger partial charge in [0.05, 0.1) is 18.7 Å². The van der Waals surface area contributed by atoms with Crippen LogP contribution in [-0.2, 0) is 11.3 Å². The van der Waals surface area contributed by atoms with Gasteiger partial charge in [0.2, 0.25) is 5.91 Å². The molecule has 1 N–H and O–H groups in total. The lowest BCUT2D eigenvalue weighted by molar-refractivity contribution is -0.121. The zero-order chi connectivity index (χ0) is 18.2. The molecule has 5 nitrogen and oxygen atoms in total. The molecule has 1 aromatic rings. The second-order valence-electron chi connectivity index (χ2n) is 6.57. The highest BCUT2D eigenvalue weighted by Crippen LogP contribution is 2.38. The van der Waals surface area contributed by atoms with E-state index in [2.05, 4.69) is 32.2 Å². The standard InChI is InChI=1S/C19H29BrN2O3/c1-4-6-17(23)21-11-14-7-5-10-22(12-14)13-15-8-9-16(24-2)19(25-3)18(15)20/h8-9,14H,4-7,10-13H2,1-3H3,(H,21,23). The summed E-state index contributed by atoms with van der Waals surface area (Å²) in [5.41, 5.74) is 1.19. The molecule has 1 aromatic carbocycles. The second-order valence-corrected chi connectivity index (χ2v) is 7.36. The lowest BCUT2D eigenvalue weighted by Crippen LogP contribution is -2.40. The first-order valence-electron chi connectivity index (χ1n) is 8.97. The number of halogens is 1. The fourth-order valence-corrected chi connectivity index (χ4v) is 3.94. The van der Waals surface area contributed by atoms with Crippen LogP contribution in [0.2, 0.25) is 0 Å². The molecular formula is C19H29BrN2O3. The largest absolute Gasteiger partial charge is 0.493 e. The van der Waals surface area contributed by atoms with Gasteiger partial charge in [-0.2, -0.15) is 0 Å². The van der Waals surface area contributed by atoms with E-state index in [9.17, 15) is 4.79 Å². The smallest absolute Gasteiger partial charge is 0.219 e. The molecule has 25 heavy (non-hydrogen) atoms. The molecule has 1 aliphatic heterocycles. The van der Waals surface area contributed by atoms with E-state index in [4.69, 9.17) is 9.47 Å². The molecule has 1 fully saturated rings. The molecule has 0 bridgehead atoms. The molecule has 1 saturated heterocycles. The molecule has 2 rings (SSSR count). The Kier molecular flexibility index (Phi) is 8.03. The van der Waals surface area contributed by atoms with Crippen molar-refractivity contribution in [1.29, 1.82) is 0 Å². The van der Waals surface area contributed by atoms with E-state index in [-0.39, 0.29) is 5.91 Å². The summed E-state index contributed by atoms with van der Waals surface area (Å²) in [6, 6.07) is 4.03. The van der Waals surface area contributed by atoms with Crippen LogP contribution in [0.15, 0.2) is 16.6 Å². The van der Waals surface area contributed by atoms with E-state index in [1.54, 1.807) is 14.2 Å². The van der Waals surface area contributed by atoms with Crippen molar-refractivity contribution in [2.75, 3.05) is 33.9 Å². The van der Waals surface area contributed by atoms with Gasteiger partial charge >= 0.3 is 0 Å². The highest BCUT2D eigenvalue weighted by molar-refractivity contribution is 9.10. The first kappa shape index (κ1) is 20.0. The molecule has 1 heterocycles. The summed E-state index contributed by atoms with van der Waals surface area (Å²) in [7, 11) is 3.30. The monoisotopic (exact) mass is 412 g/mol. The maximum absolute atomic E-state index is 11.7. The Labute approximate surface area is 159 Å². The maximum Gasteiger partial charge on any atom is 0.219 e. The van der Waals surface area contributed by atoms with E-state index in [1.165, 1.54) is 18.4 Å². The van der Waals surface area contributed by atoms with Crippen molar-refractivity contribution in [2.24, 2.45) is 5.92 Å². The average Bonchev–Trinajstić information content (AvgIpc) is 2.62. The summed E-state index contributed by atoms with van der Waals surface area (Å²) in [5.74, 6) is 2.16. The van der Waals surface area contributed by atoms with Crippen molar-refractivity contribution in [3.63, 3.8) is 0 Å². The zero-order valence-corrected chi connectivity index (χ0v) is 17.0. The lowest BCUT2D eigenvalue weighted by atomic mass is 9.97. The molecule has 1 atom stereocenters. The Hall–Kier alpha value is -1.27. The van der Waals surface area contributed by atoms with E-state index < -0.39 is 0 Å². The van der Waals surface area contributed by atoms with Gasteiger partial charge in [0.1, 0.15) is 0 Å². The van der Waals surface area contributed by atoms with Gasteiger partial charge in [0.15, 0.2) is 11.5 Å². The number of benzene rings is 1. The fraction of sp³-hybridized carbons (Fsp3) is 0.632. The van der Waals surface area contributed by atoms with Crippen LogP contribution in [0.5, 0.6) is 11.5 Å². The molecule has 0 aromatic heterocycles. The van der Waals surface area contributed by atoms with E-state index in [0.29, 0.717) is 12.3 Å². The van der Waals surface area contributed by atoms with Crippen molar-refractivity contribution in [1.82, 2.24) is 10.2 Å². The van der Waals surface area contributed by atoms with Crippen LogP contribution in [-0.4, -0.2) is 44.7 Å². The Morgan fingerprint density at radius 3 is 2.84 bits per heavy atom. The number of carbonyl (C=O) groups excluding carboxylic acids is 1. The number of nitrogens with one attached hydrogen (secondary N) is 1. The summed E-state index contributed by atoms with van der Waals surface area (Å²) < 4.78 is 11.8. The van der Waals surface area contributed by atoms with E-state index >= 15 is 0 Å². The Balaban J connectivity index is 1.95. The molecule has 6 heteroatoms. The SMILES string of the molecule is CCCC(=O)NCC1CCCN(Cc2ccc(OC)c(OC)c2Br)C1.